The summed E-state index contributed by atoms with van der Waals surface area (Å²) < 4.78 is 11.5. The summed E-state index contributed by atoms with van der Waals surface area (Å²) in [5.74, 6) is 1.69. The van der Waals surface area contributed by atoms with E-state index in [-0.39, 0.29) is 0 Å². The smallest absolute Gasteiger partial charge is 0.238 e. The summed E-state index contributed by atoms with van der Waals surface area (Å²) >= 11 is 0. The van der Waals surface area contributed by atoms with Gasteiger partial charge in [-0.25, -0.2) is 4.98 Å². The van der Waals surface area contributed by atoms with Crippen molar-refractivity contribution in [2.75, 3.05) is 0 Å². The maximum atomic E-state index is 6.93. The summed E-state index contributed by atoms with van der Waals surface area (Å²) in [5.41, 5.74) is 8.55. The van der Waals surface area contributed by atoms with Crippen LogP contribution in [0.5, 0.6) is 0 Å². The average Bonchev–Trinajstić information content (AvgIpc) is 4.00. The first-order valence-corrected chi connectivity index (χ1v) is 21.3. The third-order valence-electron chi connectivity index (χ3n) is 12.9. The quantitative estimate of drug-likeness (QED) is 0.178. The highest BCUT2D eigenvalue weighted by atomic mass is 16.3. The molecule has 0 fully saturated rings. The van der Waals surface area contributed by atoms with Gasteiger partial charge in [0.2, 0.25) is 5.95 Å². The van der Waals surface area contributed by atoms with E-state index in [2.05, 4.69) is 209 Å². The van der Waals surface area contributed by atoms with Crippen molar-refractivity contribution in [1.29, 1.82) is 0 Å². The van der Waals surface area contributed by atoms with Crippen LogP contribution in [0, 0.1) is 0 Å². The van der Waals surface area contributed by atoms with Crippen molar-refractivity contribution >= 4 is 97.9 Å². The second kappa shape index (κ2) is 12.9. The van der Waals surface area contributed by atoms with Crippen LogP contribution in [0.1, 0.15) is 0 Å². The van der Waals surface area contributed by atoms with E-state index >= 15 is 0 Å². The molecule has 0 aliphatic rings. The summed E-state index contributed by atoms with van der Waals surface area (Å²) in [6.45, 7) is 0. The molecule has 63 heavy (non-hydrogen) atoms. The summed E-state index contributed by atoms with van der Waals surface area (Å²) in [6, 6.07) is 70.9. The molecule has 0 N–H and O–H groups in total. The lowest BCUT2D eigenvalue weighted by atomic mass is 10.0. The third-order valence-corrected chi connectivity index (χ3v) is 12.9. The van der Waals surface area contributed by atoms with Gasteiger partial charge in [-0.05, 0) is 75.5 Å². The third kappa shape index (κ3) is 5.03. The largest absolute Gasteiger partial charge is 0.455 e. The van der Waals surface area contributed by atoms with Gasteiger partial charge >= 0.3 is 0 Å². The average molecular weight is 804 g/mol. The second-order valence-electron chi connectivity index (χ2n) is 16.4. The van der Waals surface area contributed by atoms with Crippen molar-refractivity contribution < 1.29 is 4.42 Å². The molecule has 10 aromatic carbocycles. The Morgan fingerprint density at radius 2 is 0.889 bits per heavy atom. The Hall–Kier alpha value is -8.61. The normalized spacial score (nSPS) is 12.1. The van der Waals surface area contributed by atoms with E-state index in [9.17, 15) is 0 Å². The molecule has 0 saturated heterocycles. The van der Waals surface area contributed by atoms with Crippen molar-refractivity contribution in [2.24, 2.45) is 0 Å². The zero-order valence-corrected chi connectivity index (χ0v) is 33.7. The van der Waals surface area contributed by atoms with Crippen LogP contribution in [0.2, 0.25) is 0 Å². The molecule has 0 radical (unpaired) electrons. The first-order valence-electron chi connectivity index (χ1n) is 21.3. The lowest BCUT2D eigenvalue weighted by Gasteiger charge is -2.16. The van der Waals surface area contributed by atoms with E-state index in [1.807, 2.05) is 0 Å². The fraction of sp³-hybridized carbons (Fsp3) is 0. The molecule has 4 aromatic heterocycles. The van der Waals surface area contributed by atoms with Gasteiger partial charge in [0.05, 0.1) is 27.8 Å². The molecule has 0 bridgehead atoms. The molecular weight excluding hydrogens is 771 g/mol. The Morgan fingerprint density at radius 1 is 0.333 bits per heavy atom. The highest BCUT2D eigenvalue weighted by Gasteiger charge is 2.24. The SMILES string of the molecule is c1ccc2cc(-c3nc(-c4cc5c(cc4-n4c6ccccc6c6cc7ccccc7cc64)oc4c6ccccc6ccc54)nc(-n4c5ccccc5c5ccccc54)n3)ccc2c1. The first-order chi connectivity index (χ1) is 31.2. The van der Waals surface area contributed by atoms with Crippen LogP contribution in [-0.2, 0) is 0 Å². The highest BCUT2D eigenvalue weighted by Crippen LogP contribution is 2.43. The summed E-state index contributed by atoms with van der Waals surface area (Å²) in [6.07, 6.45) is 0. The number of furan rings is 1. The molecule has 14 rings (SSSR count). The number of hydrogen-bond acceptors (Lipinski definition) is 4. The van der Waals surface area contributed by atoms with E-state index in [1.54, 1.807) is 0 Å². The van der Waals surface area contributed by atoms with E-state index in [0.29, 0.717) is 17.6 Å². The van der Waals surface area contributed by atoms with E-state index in [1.165, 1.54) is 21.5 Å². The molecular formula is C57H33N5O. The minimum atomic E-state index is 0.544. The standard InChI is InChI=1S/C57H33N5O/c1-2-15-36-29-39(26-25-34(36)13-1)55-58-56(60-57(59-55)62-49-23-11-7-19-41(49)42-20-8-12-24-50(42)62)47-32-46-44-28-27-35-14-5-6-18-40(35)54(44)63-53(46)33-52(47)61-48-22-10-9-21-43(48)45-30-37-16-3-4-17-38(37)31-51(45)61/h1-33H. The molecule has 0 aliphatic carbocycles. The van der Waals surface area contributed by atoms with Gasteiger partial charge in [-0.15, -0.1) is 0 Å². The van der Waals surface area contributed by atoms with Gasteiger partial charge in [0.1, 0.15) is 11.2 Å². The van der Waals surface area contributed by atoms with Crippen molar-refractivity contribution in [3.8, 4) is 34.4 Å². The predicted octanol–water partition coefficient (Wildman–Crippen LogP) is 14.8. The van der Waals surface area contributed by atoms with Gasteiger partial charge < -0.3 is 8.98 Å². The number of benzene rings is 10. The van der Waals surface area contributed by atoms with Gasteiger partial charge in [-0.2, -0.15) is 9.97 Å². The molecule has 0 aliphatic heterocycles. The van der Waals surface area contributed by atoms with Crippen LogP contribution in [0.4, 0.5) is 0 Å². The van der Waals surface area contributed by atoms with Crippen LogP contribution < -0.4 is 0 Å². The molecule has 0 unspecified atom stereocenters. The van der Waals surface area contributed by atoms with Crippen LogP contribution in [0.3, 0.4) is 0 Å². The lowest BCUT2D eigenvalue weighted by molar-refractivity contribution is 0.672. The minimum absolute atomic E-state index is 0.544. The van der Waals surface area contributed by atoms with Gasteiger partial charge in [0.25, 0.3) is 0 Å². The number of rotatable bonds is 4. The molecule has 0 spiro atoms. The van der Waals surface area contributed by atoms with E-state index < -0.39 is 0 Å². The fourth-order valence-electron chi connectivity index (χ4n) is 10.00. The van der Waals surface area contributed by atoms with Gasteiger partial charge in [-0.3, -0.25) is 4.57 Å². The summed E-state index contributed by atoms with van der Waals surface area (Å²) in [7, 11) is 0. The Kier molecular flexibility index (Phi) is 7.02. The molecule has 6 nitrogen and oxygen atoms in total. The Bertz CT molecular complexity index is 4180. The molecule has 0 atom stereocenters. The van der Waals surface area contributed by atoms with Crippen LogP contribution in [-0.4, -0.2) is 24.1 Å². The Balaban J connectivity index is 1.14. The van der Waals surface area contributed by atoms with Gasteiger partial charge in [0, 0.05) is 54.9 Å². The number of aromatic nitrogens is 5. The van der Waals surface area contributed by atoms with Crippen molar-refractivity contribution in [2.45, 2.75) is 0 Å². The van der Waals surface area contributed by atoms with Crippen LogP contribution in [0.25, 0.3) is 132 Å². The van der Waals surface area contributed by atoms with Crippen molar-refractivity contribution in [1.82, 2.24) is 24.1 Å². The van der Waals surface area contributed by atoms with Gasteiger partial charge in [-0.1, -0.05) is 146 Å². The Morgan fingerprint density at radius 3 is 1.62 bits per heavy atom. The van der Waals surface area contributed by atoms with E-state index in [0.717, 1.165) is 93.1 Å². The van der Waals surface area contributed by atoms with Crippen LogP contribution in [0.15, 0.2) is 205 Å². The van der Waals surface area contributed by atoms with Gasteiger partial charge in [0.15, 0.2) is 11.6 Å². The second-order valence-corrected chi connectivity index (χ2v) is 16.4. The summed E-state index contributed by atoms with van der Waals surface area (Å²) in [4.78, 5) is 16.4. The maximum absolute atomic E-state index is 6.93. The summed E-state index contributed by atoms with van der Waals surface area (Å²) in [5, 5.41) is 13.5. The number of hydrogen-bond donors (Lipinski definition) is 0. The van der Waals surface area contributed by atoms with Crippen LogP contribution >= 0.6 is 0 Å². The zero-order chi connectivity index (χ0) is 41.2. The Labute approximate surface area is 359 Å². The molecule has 0 amide bonds. The topological polar surface area (TPSA) is 61.7 Å². The van der Waals surface area contributed by atoms with E-state index in [4.69, 9.17) is 19.4 Å². The predicted molar refractivity (Wildman–Crippen MR) is 259 cm³/mol. The first kappa shape index (κ1) is 34.1. The molecule has 0 saturated carbocycles. The molecule has 14 aromatic rings. The van der Waals surface area contributed by atoms with Crippen molar-refractivity contribution in [3.05, 3.63) is 200 Å². The number of para-hydroxylation sites is 3. The maximum Gasteiger partial charge on any atom is 0.238 e. The minimum Gasteiger partial charge on any atom is -0.455 e. The fourth-order valence-corrected chi connectivity index (χ4v) is 10.00. The molecule has 4 heterocycles. The molecule has 292 valence electrons. The highest BCUT2D eigenvalue weighted by molar-refractivity contribution is 6.18. The number of nitrogens with zero attached hydrogens (tertiary/aromatic N) is 5. The van der Waals surface area contributed by atoms with Crippen molar-refractivity contribution in [3.63, 3.8) is 0 Å². The lowest BCUT2D eigenvalue weighted by Crippen LogP contribution is -2.08. The number of fused-ring (bicyclic) bond motifs is 13. The zero-order valence-electron chi connectivity index (χ0n) is 33.7. The monoisotopic (exact) mass is 803 g/mol. The molecule has 6 heteroatoms.